The molecular formula is C3H6O4. The molecule has 0 rings (SSSR count). The Balaban J connectivity index is 2.98. The van der Waals surface area contributed by atoms with Crippen LogP contribution in [0.3, 0.4) is 0 Å². The lowest BCUT2D eigenvalue weighted by Crippen LogP contribution is -2.13. The zero-order chi connectivity index (χ0) is 5.70. The van der Waals surface area contributed by atoms with Gasteiger partial charge in [0.05, 0.1) is 0 Å². The van der Waals surface area contributed by atoms with Crippen LogP contribution in [0.2, 0.25) is 0 Å². The van der Waals surface area contributed by atoms with Gasteiger partial charge in [-0.3, -0.25) is 4.79 Å². The Hall–Kier alpha value is -0.450. The molecule has 0 heterocycles. The van der Waals surface area contributed by atoms with Gasteiger partial charge in [0.2, 0.25) is 6.29 Å². The minimum Gasteiger partial charge on any atom is -0.370 e. The van der Waals surface area contributed by atoms with Crippen molar-refractivity contribution in [2.75, 3.05) is 6.79 Å². The fourth-order valence-corrected chi connectivity index (χ4v) is 0.116. The van der Waals surface area contributed by atoms with Crippen LogP contribution in [0, 0.1) is 0 Å². The fourth-order valence-electron chi connectivity index (χ4n) is 0.116. The molecule has 0 spiro atoms. The van der Waals surface area contributed by atoms with Gasteiger partial charge in [-0.25, -0.2) is 0 Å². The van der Waals surface area contributed by atoms with Crippen LogP contribution in [0.1, 0.15) is 0 Å². The third-order valence-corrected chi connectivity index (χ3v) is 0.362. The van der Waals surface area contributed by atoms with Crippen LogP contribution < -0.4 is 0 Å². The van der Waals surface area contributed by atoms with Crippen molar-refractivity contribution in [3.63, 3.8) is 0 Å². The summed E-state index contributed by atoms with van der Waals surface area (Å²) >= 11 is 0. The van der Waals surface area contributed by atoms with Gasteiger partial charge in [-0.2, -0.15) is 0 Å². The molecule has 0 bridgehead atoms. The van der Waals surface area contributed by atoms with Crippen molar-refractivity contribution < 1.29 is 19.7 Å². The number of hydrogen-bond donors (Lipinski definition) is 2. The van der Waals surface area contributed by atoms with E-state index < -0.39 is 13.1 Å². The summed E-state index contributed by atoms with van der Waals surface area (Å²) in [6.07, 6.45) is -1.30. The maximum atomic E-state index is 9.41. The maximum Gasteiger partial charge on any atom is 0.214 e. The molecule has 0 saturated heterocycles. The molecule has 0 aromatic rings. The fraction of sp³-hybridized carbons (Fsp3) is 0.667. The second-order valence-corrected chi connectivity index (χ2v) is 0.822. The summed E-state index contributed by atoms with van der Waals surface area (Å²) in [4.78, 5) is 9.41. The summed E-state index contributed by atoms with van der Waals surface area (Å²) in [5.74, 6) is 0. The molecular weight excluding hydrogens is 100 g/mol. The van der Waals surface area contributed by atoms with E-state index in [2.05, 4.69) is 4.74 Å². The van der Waals surface area contributed by atoms with Crippen LogP contribution in [-0.4, -0.2) is 29.6 Å². The standard InChI is InChI=1S/C3H6O4/c4-1-3(6)7-2-5/h1,3,5-6H,2H2. The Morgan fingerprint density at radius 3 is 2.57 bits per heavy atom. The number of rotatable bonds is 3. The zero-order valence-corrected chi connectivity index (χ0v) is 3.57. The minimum absolute atomic E-state index is 0.177. The third kappa shape index (κ3) is 3.38. The van der Waals surface area contributed by atoms with Crippen LogP contribution in [-0.2, 0) is 9.53 Å². The first-order valence-electron chi connectivity index (χ1n) is 1.67. The van der Waals surface area contributed by atoms with Crippen molar-refractivity contribution in [3.8, 4) is 0 Å². The number of ether oxygens (including phenoxy) is 1. The molecule has 0 aromatic heterocycles. The zero-order valence-electron chi connectivity index (χ0n) is 3.57. The van der Waals surface area contributed by atoms with Crippen LogP contribution in [0.25, 0.3) is 0 Å². The number of aliphatic hydroxyl groups is 2. The van der Waals surface area contributed by atoms with Gasteiger partial charge < -0.3 is 14.9 Å². The van der Waals surface area contributed by atoms with Gasteiger partial charge in [0.15, 0.2) is 6.29 Å². The lowest BCUT2D eigenvalue weighted by molar-refractivity contribution is -0.161. The third-order valence-electron chi connectivity index (χ3n) is 0.362. The molecule has 0 radical (unpaired) electrons. The first-order chi connectivity index (χ1) is 3.31. The average Bonchev–Trinajstić information content (AvgIpc) is 1.68. The quantitative estimate of drug-likeness (QED) is 0.338. The Bertz CT molecular complexity index is 52.9. The molecule has 4 nitrogen and oxygen atoms in total. The normalized spacial score (nSPS) is 13.4. The van der Waals surface area contributed by atoms with Crippen molar-refractivity contribution in [1.29, 1.82) is 0 Å². The second-order valence-electron chi connectivity index (χ2n) is 0.822. The highest BCUT2D eigenvalue weighted by molar-refractivity contribution is 5.53. The van der Waals surface area contributed by atoms with Crippen LogP contribution in [0.5, 0.6) is 0 Å². The number of aliphatic hydroxyl groups excluding tert-OH is 2. The smallest absolute Gasteiger partial charge is 0.214 e. The summed E-state index contributed by atoms with van der Waals surface area (Å²) in [5, 5.41) is 15.9. The number of aldehydes is 1. The molecule has 0 aliphatic heterocycles. The predicted molar refractivity (Wildman–Crippen MR) is 20.2 cm³/mol. The molecule has 0 aliphatic carbocycles. The van der Waals surface area contributed by atoms with E-state index in [1.807, 2.05) is 0 Å². The van der Waals surface area contributed by atoms with Crippen LogP contribution in [0.4, 0.5) is 0 Å². The lowest BCUT2D eigenvalue weighted by Gasteiger charge is -1.97. The van der Waals surface area contributed by atoms with Gasteiger partial charge in [-0.1, -0.05) is 0 Å². The monoisotopic (exact) mass is 106 g/mol. The minimum atomic E-state index is -1.48. The van der Waals surface area contributed by atoms with Gasteiger partial charge in [-0.05, 0) is 0 Å². The van der Waals surface area contributed by atoms with Crippen molar-refractivity contribution in [2.45, 2.75) is 6.29 Å². The molecule has 0 aromatic carbocycles. The van der Waals surface area contributed by atoms with Crippen LogP contribution in [0.15, 0.2) is 0 Å². The maximum absolute atomic E-state index is 9.41. The molecule has 1 unspecified atom stereocenters. The van der Waals surface area contributed by atoms with Crippen LogP contribution >= 0.6 is 0 Å². The molecule has 0 amide bonds. The highest BCUT2D eigenvalue weighted by atomic mass is 16.7. The summed E-state index contributed by atoms with van der Waals surface area (Å²) in [5.41, 5.74) is 0. The van der Waals surface area contributed by atoms with Crippen molar-refractivity contribution in [1.82, 2.24) is 0 Å². The Morgan fingerprint density at radius 2 is 2.43 bits per heavy atom. The molecule has 4 heteroatoms. The highest BCUT2D eigenvalue weighted by Gasteiger charge is 1.95. The van der Waals surface area contributed by atoms with E-state index in [9.17, 15) is 4.79 Å². The Kier molecular flexibility index (Phi) is 3.49. The molecule has 0 aliphatic rings. The SMILES string of the molecule is O=CC(O)OCO. The summed E-state index contributed by atoms with van der Waals surface area (Å²) in [6.45, 7) is -0.639. The van der Waals surface area contributed by atoms with E-state index in [1.54, 1.807) is 0 Å². The van der Waals surface area contributed by atoms with E-state index in [0.29, 0.717) is 0 Å². The largest absolute Gasteiger partial charge is 0.370 e. The number of hydrogen-bond acceptors (Lipinski definition) is 4. The lowest BCUT2D eigenvalue weighted by atomic mass is 10.7. The van der Waals surface area contributed by atoms with E-state index in [-0.39, 0.29) is 6.29 Å². The van der Waals surface area contributed by atoms with Gasteiger partial charge in [0, 0.05) is 0 Å². The van der Waals surface area contributed by atoms with Crippen molar-refractivity contribution >= 4 is 6.29 Å². The average molecular weight is 106 g/mol. The molecule has 1 atom stereocenters. The number of carbonyl (C=O) groups excluding carboxylic acids is 1. The number of carbonyl (C=O) groups is 1. The van der Waals surface area contributed by atoms with E-state index in [4.69, 9.17) is 10.2 Å². The van der Waals surface area contributed by atoms with Crippen molar-refractivity contribution in [2.24, 2.45) is 0 Å². The van der Waals surface area contributed by atoms with Gasteiger partial charge in [0.1, 0.15) is 6.79 Å². The predicted octanol–water partition coefficient (Wildman–Crippen LogP) is -1.53. The van der Waals surface area contributed by atoms with Crippen molar-refractivity contribution in [3.05, 3.63) is 0 Å². The van der Waals surface area contributed by atoms with Gasteiger partial charge in [0.25, 0.3) is 0 Å². The molecule has 0 saturated carbocycles. The Labute approximate surface area is 40.3 Å². The first kappa shape index (κ1) is 6.55. The first-order valence-corrected chi connectivity index (χ1v) is 1.67. The molecule has 42 valence electrons. The second kappa shape index (κ2) is 3.73. The summed E-state index contributed by atoms with van der Waals surface area (Å²) in [7, 11) is 0. The highest BCUT2D eigenvalue weighted by Crippen LogP contribution is 1.75. The van der Waals surface area contributed by atoms with Gasteiger partial charge in [-0.15, -0.1) is 0 Å². The molecule has 2 N–H and O–H groups in total. The van der Waals surface area contributed by atoms with E-state index in [0.717, 1.165) is 0 Å². The molecule has 0 fully saturated rings. The Morgan fingerprint density at radius 1 is 1.86 bits per heavy atom. The molecule has 7 heavy (non-hydrogen) atoms. The summed E-state index contributed by atoms with van der Waals surface area (Å²) < 4.78 is 3.93. The summed E-state index contributed by atoms with van der Waals surface area (Å²) in [6, 6.07) is 0. The van der Waals surface area contributed by atoms with E-state index >= 15 is 0 Å². The topological polar surface area (TPSA) is 66.8 Å². The van der Waals surface area contributed by atoms with Gasteiger partial charge >= 0.3 is 0 Å². The van der Waals surface area contributed by atoms with E-state index in [1.165, 1.54) is 0 Å².